The molecule has 1 aliphatic rings. The summed E-state index contributed by atoms with van der Waals surface area (Å²) in [4.78, 5) is 19.1. The first-order valence-corrected chi connectivity index (χ1v) is 7.35. The number of thiazole rings is 1. The summed E-state index contributed by atoms with van der Waals surface area (Å²) in [6, 6.07) is 5.40. The van der Waals surface area contributed by atoms with Crippen LogP contribution in [-0.2, 0) is 19.6 Å². The fraction of sp³-hybridized carbons (Fsp3) is 0.333. The summed E-state index contributed by atoms with van der Waals surface area (Å²) >= 11 is 1.74. The zero-order valence-electron chi connectivity index (χ0n) is 11.5. The molecule has 1 aromatic heterocycles. The quantitative estimate of drug-likeness (QED) is 0.943. The van der Waals surface area contributed by atoms with Gasteiger partial charge >= 0.3 is 5.97 Å². The maximum absolute atomic E-state index is 11.0. The second-order valence-corrected chi connectivity index (χ2v) is 6.47. The molecule has 0 saturated heterocycles. The zero-order valence-corrected chi connectivity index (χ0v) is 12.3. The summed E-state index contributed by atoms with van der Waals surface area (Å²) in [6.45, 7) is 6.62. The third-order valence-electron chi connectivity index (χ3n) is 3.67. The fourth-order valence-corrected chi connectivity index (χ4v) is 3.48. The number of hydrogen-bond acceptors (Lipinski definition) is 4. The molecule has 0 atom stereocenters. The van der Waals surface area contributed by atoms with Gasteiger partial charge in [0.1, 0.15) is 5.01 Å². The third kappa shape index (κ3) is 2.46. The van der Waals surface area contributed by atoms with Gasteiger partial charge in [-0.05, 0) is 37.1 Å². The third-order valence-corrected chi connectivity index (χ3v) is 4.73. The lowest BCUT2D eigenvalue weighted by Crippen LogP contribution is -2.15. The molecule has 4 nitrogen and oxygen atoms in total. The topological polar surface area (TPSA) is 53.4 Å². The Labute approximate surface area is 121 Å². The molecular weight excluding hydrogens is 272 g/mol. The molecule has 0 aliphatic carbocycles. The molecule has 20 heavy (non-hydrogen) atoms. The average molecular weight is 288 g/mol. The van der Waals surface area contributed by atoms with E-state index < -0.39 is 5.97 Å². The predicted octanol–water partition coefficient (Wildman–Crippen LogP) is 2.97. The summed E-state index contributed by atoms with van der Waals surface area (Å²) in [5.41, 5.74) is 3.82. The Kier molecular flexibility index (Phi) is 3.31. The standard InChI is InChI=1S/C15H16N2O2S/c1-9-10(2)20-14(16-9)8-17-6-12-4-3-11(15(18)19)5-13(12)7-17/h3-5H,6-8H2,1-2H3,(H,18,19). The first-order valence-electron chi connectivity index (χ1n) is 6.53. The molecule has 0 radical (unpaired) electrons. The number of hydrogen-bond donors (Lipinski definition) is 1. The van der Waals surface area contributed by atoms with Gasteiger partial charge in [-0.15, -0.1) is 11.3 Å². The van der Waals surface area contributed by atoms with Gasteiger partial charge < -0.3 is 5.11 Å². The van der Waals surface area contributed by atoms with Crippen LogP contribution >= 0.6 is 11.3 Å². The van der Waals surface area contributed by atoms with E-state index in [9.17, 15) is 4.79 Å². The molecule has 0 bridgehead atoms. The van der Waals surface area contributed by atoms with Crippen LogP contribution in [0, 0.1) is 13.8 Å². The maximum Gasteiger partial charge on any atom is 0.335 e. The molecule has 0 spiro atoms. The Morgan fingerprint density at radius 3 is 2.75 bits per heavy atom. The highest BCUT2D eigenvalue weighted by atomic mass is 32.1. The highest BCUT2D eigenvalue weighted by Gasteiger charge is 2.21. The molecule has 2 heterocycles. The molecule has 1 N–H and O–H groups in total. The number of carbonyl (C=O) groups is 1. The molecule has 5 heteroatoms. The smallest absolute Gasteiger partial charge is 0.335 e. The van der Waals surface area contributed by atoms with Gasteiger partial charge in [0.2, 0.25) is 0 Å². The molecule has 0 fully saturated rings. The summed E-state index contributed by atoms with van der Waals surface area (Å²) < 4.78 is 0. The second kappa shape index (κ2) is 5.00. The van der Waals surface area contributed by atoms with Gasteiger partial charge in [-0.25, -0.2) is 9.78 Å². The van der Waals surface area contributed by atoms with Crippen LogP contribution < -0.4 is 0 Å². The molecule has 0 saturated carbocycles. The van der Waals surface area contributed by atoms with Crippen LogP contribution in [0.1, 0.15) is 37.1 Å². The Hall–Kier alpha value is -1.72. The van der Waals surface area contributed by atoms with Gasteiger partial charge in [-0.3, -0.25) is 4.90 Å². The number of carboxylic acid groups (broad SMARTS) is 1. The number of aryl methyl sites for hydroxylation is 2. The van der Waals surface area contributed by atoms with Crippen molar-refractivity contribution in [3.8, 4) is 0 Å². The van der Waals surface area contributed by atoms with E-state index in [1.54, 1.807) is 23.5 Å². The fourth-order valence-electron chi connectivity index (χ4n) is 2.51. The van der Waals surface area contributed by atoms with Crippen LogP contribution in [-0.4, -0.2) is 21.0 Å². The molecule has 1 aromatic carbocycles. The van der Waals surface area contributed by atoms with Crippen molar-refractivity contribution >= 4 is 17.3 Å². The lowest BCUT2D eigenvalue weighted by Gasteiger charge is -2.12. The molecule has 3 rings (SSSR count). The van der Waals surface area contributed by atoms with Gasteiger partial charge in [0.05, 0.1) is 17.8 Å². The molecule has 0 amide bonds. The lowest BCUT2D eigenvalue weighted by atomic mass is 10.1. The number of aromatic carboxylic acids is 1. The second-order valence-electron chi connectivity index (χ2n) is 5.18. The Bertz CT molecular complexity index is 659. The van der Waals surface area contributed by atoms with Crippen LogP contribution in [0.3, 0.4) is 0 Å². The molecule has 0 unspecified atom stereocenters. The zero-order chi connectivity index (χ0) is 14.3. The normalized spacial score (nSPS) is 14.5. The van der Waals surface area contributed by atoms with Crippen molar-refractivity contribution < 1.29 is 9.90 Å². The van der Waals surface area contributed by atoms with Gasteiger partial charge in [0.25, 0.3) is 0 Å². The van der Waals surface area contributed by atoms with E-state index in [4.69, 9.17) is 5.11 Å². The first-order chi connectivity index (χ1) is 9.52. The van der Waals surface area contributed by atoms with Gasteiger partial charge in [-0.2, -0.15) is 0 Å². The molecule has 1 aliphatic heterocycles. The molecule has 2 aromatic rings. The number of benzene rings is 1. The lowest BCUT2D eigenvalue weighted by molar-refractivity contribution is 0.0696. The predicted molar refractivity (Wildman–Crippen MR) is 77.9 cm³/mol. The average Bonchev–Trinajstić information content (AvgIpc) is 2.92. The largest absolute Gasteiger partial charge is 0.478 e. The van der Waals surface area contributed by atoms with E-state index in [1.165, 1.54) is 10.4 Å². The summed E-state index contributed by atoms with van der Waals surface area (Å²) in [5.74, 6) is -0.863. The van der Waals surface area contributed by atoms with Gasteiger partial charge in [0, 0.05) is 18.0 Å². The first kappa shape index (κ1) is 13.3. The Balaban J connectivity index is 1.75. The van der Waals surface area contributed by atoms with Crippen molar-refractivity contribution in [3.05, 3.63) is 50.5 Å². The van der Waals surface area contributed by atoms with Crippen LogP contribution in [0.2, 0.25) is 0 Å². The van der Waals surface area contributed by atoms with E-state index >= 15 is 0 Å². The minimum Gasteiger partial charge on any atom is -0.478 e. The van der Waals surface area contributed by atoms with Gasteiger partial charge in [-0.1, -0.05) is 6.07 Å². The van der Waals surface area contributed by atoms with E-state index in [1.807, 2.05) is 13.0 Å². The van der Waals surface area contributed by atoms with E-state index in [0.29, 0.717) is 5.56 Å². The molecule has 104 valence electrons. The van der Waals surface area contributed by atoms with Gasteiger partial charge in [0.15, 0.2) is 0 Å². The van der Waals surface area contributed by atoms with Crippen molar-refractivity contribution in [2.75, 3.05) is 0 Å². The van der Waals surface area contributed by atoms with Crippen LogP contribution in [0.25, 0.3) is 0 Å². The number of rotatable bonds is 3. The van der Waals surface area contributed by atoms with Crippen molar-refractivity contribution in [1.82, 2.24) is 9.88 Å². The Morgan fingerprint density at radius 1 is 1.35 bits per heavy atom. The van der Waals surface area contributed by atoms with E-state index in [-0.39, 0.29) is 0 Å². The van der Waals surface area contributed by atoms with Crippen molar-refractivity contribution in [1.29, 1.82) is 0 Å². The Morgan fingerprint density at radius 2 is 2.10 bits per heavy atom. The minimum atomic E-state index is -0.863. The monoisotopic (exact) mass is 288 g/mol. The highest BCUT2D eigenvalue weighted by Crippen LogP contribution is 2.27. The van der Waals surface area contributed by atoms with E-state index in [2.05, 4.69) is 16.8 Å². The summed E-state index contributed by atoms with van der Waals surface area (Å²) in [6.07, 6.45) is 0. The van der Waals surface area contributed by atoms with Crippen molar-refractivity contribution in [2.24, 2.45) is 0 Å². The van der Waals surface area contributed by atoms with Crippen molar-refractivity contribution in [3.63, 3.8) is 0 Å². The summed E-state index contributed by atoms with van der Waals surface area (Å²) in [7, 11) is 0. The maximum atomic E-state index is 11.0. The number of carboxylic acids is 1. The van der Waals surface area contributed by atoms with Crippen LogP contribution in [0.15, 0.2) is 18.2 Å². The van der Waals surface area contributed by atoms with Crippen LogP contribution in [0.4, 0.5) is 0 Å². The number of fused-ring (bicyclic) bond motifs is 1. The number of nitrogens with zero attached hydrogens (tertiary/aromatic N) is 2. The SMILES string of the molecule is Cc1nc(CN2Cc3ccc(C(=O)O)cc3C2)sc1C. The summed E-state index contributed by atoms with van der Waals surface area (Å²) in [5, 5.41) is 10.2. The minimum absolute atomic E-state index is 0.367. The number of aromatic nitrogens is 1. The molecular formula is C15H16N2O2S. The van der Waals surface area contributed by atoms with Crippen molar-refractivity contribution in [2.45, 2.75) is 33.5 Å². The van der Waals surface area contributed by atoms with Crippen LogP contribution in [0.5, 0.6) is 0 Å². The highest BCUT2D eigenvalue weighted by molar-refractivity contribution is 7.11. The van der Waals surface area contributed by atoms with E-state index in [0.717, 1.165) is 35.9 Å².